The van der Waals surface area contributed by atoms with Crippen molar-refractivity contribution in [1.29, 1.82) is 0 Å². The molecule has 0 bridgehead atoms. The molecule has 0 heterocycles. The summed E-state index contributed by atoms with van der Waals surface area (Å²) in [7, 11) is 1.21. The Bertz CT molecular complexity index is 457. The Morgan fingerprint density at radius 3 is 1.47 bits per heavy atom. The molecule has 0 unspecified atom stereocenters. The summed E-state index contributed by atoms with van der Waals surface area (Å²) in [6, 6.07) is 17.6. The quantitative estimate of drug-likeness (QED) is 0.423. The molecule has 0 saturated carbocycles. The normalized spacial score (nSPS) is 11.5. The van der Waals surface area contributed by atoms with Crippen LogP contribution < -0.4 is 24.8 Å². The smallest absolute Gasteiger partial charge is 1.00 e. The van der Waals surface area contributed by atoms with Crippen molar-refractivity contribution in [3.63, 3.8) is 0 Å². The monoisotopic (exact) mass is 356 g/mol. The van der Waals surface area contributed by atoms with Crippen molar-refractivity contribution < 1.29 is 51.0 Å². The molecular weight excluding hydrogens is 346 g/mol. The molecule has 0 saturated heterocycles. The molecule has 3 rings (SSSR count). The van der Waals surface area contributed by atoms with E-state index in [1.165, 1.54) is 32.5 Å². The Kier molecular flexibility index (Phi) is 6.94. The van der Waals surface area contributed by atoms with Gasteiger partial charge in [-0.2, -0.15) is 0 Å². The molecule has 2 aromatic carbocycles. The van der Waals surface area contributed by atoms with E-state index < -0.39 is 0 Å². The predicted molar refractivity (Wildman–Crippen MR) is 63.7 cm³/mol. The van der Waals surface area contributed by atoms with Crippen molar-refractivity contribution in [1.82, 2.24) is 0 Å². The van der Waals surface area contributed by atoms with E-state index in [9.17, 15) is 0 Å². The van der Waals surface area contributed by atoms with Gasteiger partial charge in [0, 0.05) is 10.2 Å². The van der Waals surface area contributed by atoms with Crippen LogP contribution in [-0.2, 0) is 26.2 Å². The molecule has 0 spiro atoms. The van der Waals surface area contributed by atoms with E-state index in [4.69, 9.17) is 0 Å². The molecule has 0 nitrogen and oxygen atoms in total. The summed E-state index contributed by atoms with van der Waals surface area (Å²) in [5, 5.41) is 0. The van der Waals surface area contributed by atoms with Gasteiger partial charge in [-0.15, -0.1) is 0 Å². The number of rotatable bonds is 0. The maximum Gasteiger partial charge on any atom is 2.00 e. The molecular formula is C13H12Cl2SiZr. The van der Waals surface area contributed by atoms with Gasteiger partial charge >= 0.3 is 26.2 Å². The second kappa shape index (κ2) is 6.89. The molecule has 17 heavy (non-hydrogen) atoms. The zero-order chi connectivity index (χ0) is 9.54. The van der Waals surface area contributed by atoms with Gasteiger partial charge in [0.1, 0.15) is 0 Å². The van der Waals surface area contributed by atoms with Crippen LogP contribution in [-0.4, -0.2) is 10.2 Å². The maximum atomic E-state index is 2.27. The Balaban J connectivity index is 0.000000853. The first kappa shape index (κ1) is 17.1. The van der Waals surface area contributed by atoms with E-state index in [-0.39, 0.29) is 51.0 Å². The molecule has 0 aliphatic heterocycles. The topological polar surface area (TPSA) is 0 Å². The fourth-order valence-corrected chi connectivity index (χ4v) is 3.41. The van der Waals surface area contributed by atoms with Crippen LogP contribution >= 0.6 is 0 Å². The summed E-state index contributed by atoms with van der Waals surface area (Å²) in [6.45, 7) is 0. The van der Waals surface area contributed by atoms with Crippen LogP contribution in [0.5, 0.6) is 0 Å². The first-order valence-corrected chi connectivity index (χ1v) is 6.21. The summed E-state index contributed by atoms with van der Waals surface area (Å²) in [4.78, 5) is 0. The van der Waals surface area contributed by atoms with Gasteiger partial charge in [-0.25, -0.2) is 0 Å². The molecule has 0 N–H and O–H groups in total. The first-order chi connectivity index (χ1) is 6.88. The molecule has 0 fully saturated rings. The number of fused-ring (bicyclic) bond motifs is 3. The largest absolute Gasteiger partial charge is 2.00 e. The fourth-order valence-electron chi connectivity index (χ4n) is 2.41. The zero-order valence-corrected chi connectivity index (χ0v) is 15.4. The van der Waals surface area contributed by atoms with Gasteiger partial charge in [-0.3, -0.25) is 0 Å². The second-order valence-corrected chi connectivity index (χ2v) is 5.05. The molecule has 0 amide bonds. The van der Waals surface area contributed by atoms with Gasteiger partial charge in [-0.1, -0.05) is 48.5 Å². The first-order valence-electron chi connectivity index (χ1n) is 5.06. The Morgan fingerprint density at radius 1 is 0.706 bits per heavy atom. The minimum Gasteiger partial charge on any atom is -1.00 e. The fraction of sp³-hybridized carbons (Fsp3) is 0.0769. The molecule has 2 aromatic rings. The van der Waals surface area contributed by atoms with Crippen LogP contribution in [0.25, 0.3) is 11.1 Å². The van der Waals surface area contributed by atoms with Crippen LogP contribution in [0, 0.1) is 0 Å². The third-order valence-electron chi connectivity index (χ3n) is 3.14. The van der Waals surface area contributed by atoms with Gasteiger partial charge < -0.3 is 24.8 Å². The molecule has 0 aromatic heterocycles. The molecule has 0 atom stereocenters. The zero-order valence-electron chi connectivity index (χ0n) is 9.45. The van der Waals surface area contributed by atoms with Gasteiger partial charge in [0.25, 0.3) is 0 Å². The van der Waals surface area contributed by atoms with Crippen molar-refractivity contribution in [2.75, 3.05) is 0 Å². The molecule has 0 radical (unpaired) electrons. The average molecular weight is 358 g/mol. The minimum atomic E-state index is 0. The van der Waals surface area contributed by atoms with Crippen molar-refractivity contribution in [3.05, 3.63) is 59.7 Å². The Morgan fingerprint density at radius 2 is 1.06 bits per heavy atom. The van der Waals surface area contributed by atoms with Gasteiger partial charge in [-0.05, 0) is 27.8 Å². The van der Waals surface area contributed by atoms with Gasteiger partial charge in [0.05, 0.1) is 0 Å². The Labute approximate surface area is 137 Å². The summed E-state index contributed by atoms with van der Waals surface area (Å²) in [5.41, 5.74) is 6.65. The van der Waals surface area contributed by atoms with Crippen LogP contribution in [0.3, 0.4) is 0 Å². The number of hydrogen-bond donors (Lipinski definition) is 0. The van der Waals surface area contributed by atoms with Crippen LogP contribution in [0.2, 0.25) is 0 Å². The number of hydrogen-bond acceptors (Lipinski definition) is 0. The number of halogens is 2. The average Bonchev–Trinajstić information content (AvgIpc) is 2.55. The van der Waals surface area contributed by atoms with E-state index in [1.54, 1.807) is 0 Å². The predicted octanol–water partition coefficient (Wildman–Crippen LogP) is -3.87. The van der Waals surface area contributed by atoms with E-state index in [0.717, 1.165) is 0 Å². The van der Waals surface area contributed by atoms with Crippen molar-refractivity contribution >= 4 is 10.2 Å². The van der Waals surface area contributed by atoms with E-state index >= 15 is 0 Å². The Hall–Kier alpha value is 0.120. The van der Waals surface area contributed by atoms with E-state index in [0.29, 0.717) is 5.54 Å². The van der Waals surface area contributed by atoms with Crippen LogP contribution in [0.15, 0.2) is 48.5 Å². The minimum absolute atomic E-state index is 0. The molecule has 86 valence electrons. The SMILES string of the molecule is [Cl-].[Cl-].[SiH3]C1c2ccccc2-c2ccccc21.[Zr+2]. The van der Waals surface area contributed by atoms with E-state index in [1.807, 2.05) is 0 Å². The van der Waals surface area contributed by atoms with Crippen LogP contribution in [0.1, 0.15) is 16.7 Å². The van der Waals surface area contributed by atoms with E-state index in [2.05, 4.69) is 48.5 Å². The summed E-state index contributed by atoms with van der Waals surface area (Å²) in [6.07, 6.45) is 0. The van der Waals surface area contributed by atoms with Gasteiger partial charge in [0.2, 0.25) is 0 Å². The summed E-state index contributed by atoms with van der Waals surface area (Å²) >= 11 is 0. The number of benzene rings is 2. The second-order valence-electron chi connectivity index (χ2n) is 3.90. The standard InChI is InChI=1S/C13H12Si.2ClH.Zr/c14-13-11-7-3-1-5-9(11)10-6-2-4-8-12(10)13;;;/h1-8,13H,14H3;2*1H;/q;;;+2/p-2. The molecule has 1 aliphatic carbocycles. The summed E-state index contributed by atoms with van der Waals surface area (Å²) < 4.78 is 0. The maximum absolute atomic E-state index is 2.27. The van der Waals surface area contributed by atoms with Crippen molar-refractivity contribution in [2.45, 2.75) is 5.54 Å². The van der Waals surface area contributed by atoms with Crippen molar-refractivity contribution in [3.8, 4) is 11.1 Å². The van der Waals surface area contributed by atoms with Crippen LogP contribution in [0.4, 0.5) is 0 Å². The third-order valence-corrected chi connectivity index (χ3v) is 4.39. The summed E-state index contributed by atoms with van der Waals surface area (Å²) in [5.74, 6) is 0. The molecule has 4 heteroatoms. The third kappa shape index (κ3) is 2.76. The van der Waals surface area contributed by atoms with Gasteiger partial charge in [0.15, 0.2) is 0 Å². The van der Waals surface area contributed by atoms with Crippen molar-refractivity contribution in [2.24, 2.45) is 0 Å². The molecule has 1 aliphatic rings.